The minimum absolute atomic E-state index is 0.184. The Bertz CT molecular complexity index is 229. The summed E-state index contributed by atoms with van der Waals surface area (Å²) in [4.78, 5) is 10.7. The van der Waals surface area contributed by atoms with E-state index >= 15 is 0 Å². The Balaban J connectivity index is 4.41. The Morgan fingerprint density at radius 3 is 2.08 bits per heavy atom. The van der Waals surface area contributed by atoms with Crippen molar-refractivity contribution >= 4 is 5.78 Å². The van der Waals surface area contributed by atoms with Crippen molar-refractivity contribution in [3.05, 3.63) is 37.0 Å². The van der Waals surface area contributed by atoms with Crippen LogP contribution in [0.15, 0.2) is 37.0 Å². The topological polar surface area (TPSA) is 17.1 Å². The molecule has 0 rings (SSSR count). The minimum Gasteiger partial charge on any atom is -0.291 e. The SMILES string of the molecule is C=CCC(=O)/C(F)=C(\F)CC=C. The normalized spacial score (nSPS) is 11.8. The third kappa shape index (κ3) is 3.23. The first-order chi connectivity index (χ1) is 5.63. The number of halogens is 2. The summed E-state index contributed by atoms with van der Waals surface area (Å²) in [6.45, 7) is 6.45. The van der Waals surface area contributed by atoms with Crippen LogP contribution in [0.2, 0.25) is 0 Å². The lowest BCUT2D eigenvalue weighted by Gasteiger charge is -1.94. The van der Waals surface area contributed by atoms with Gasteiger partial charge in [-0.05, 0) is 0 Å². The molecule has 3 heteroatoms. The number of carbonyl (C=O) groups excluding carboxylic acids is 1. The van der Waals surface area contributed by atoms with Crippen LogP contribution < -0.4 is 0 Å². The van der Waals surface area contributed by atoms with E-state index in [0.717, 1.165) is 0 Å². The van der Waals surface area contributed by atoms with Gasteiger partial charge in [-0.1, -0.05) is 12.2 Å². The molecule has 0 bridgehead atoms. The molecular weight excluding hydrogens is 162 g/mol. The summed E-state index contributed by atoms with van der Waals surface area (Å²) < 4.78 is 25.2. The molecule has 0 heterocycles. The largest absolute Gasteiger partial charge is 0.291 e. The van der Waals surface area contributed by atoms with Crippen molar-refractivity contribution in [1.82, 2.24) is 0 Å². The van der Waals surface area contributed by atoms with E-state index in [0.29, 0.717) is 0 Å². The van der Waals surface area contributed by atoms with Crippen molar-refractivity contribution in [3.8, 4) is 0 Å². The van der Waals surface area contributed by atoms with Gasteiger partial charge in [-0.2, -0.15) is 0 Å². The number of carbonyl (C=O) groups is 1. The van der Waals surface area contributed by atoms with Gasteiger partial charge < -0.3 is 0 Å². The lowest BCUT2D eigenvalue weighted by Crippen LogP contribution is -1.98. The standard InChI is InChI=1S/C9H10F2O/c1-3-5-7(10)9(11)8(12)6-4-2/h3-4H,1-2,5-6H2/b9-7+. The first-order valence-electron chi connectivity index (χ1n) is 3.42. The van der Waals surface area contributed by atoms with E-state index in [1.54, 1.807) is 0 Å². The fourth-order valence-electron chi connectivity index (χ4n) is 0.588. The third-order valence-corrected chi connectivity index (χ3v) is 1.14. The average Bonchev–Trinajstić information content (AvgIpc) is 2.04. The zero-order valence-corrected chi connectivity index (χ0v) is 6.65. The first-order valence-corrected chi connectivity index (χ1v) is 3.42. The zero-order chi connectivity index (χ0) is 9.56. The summed E-state index contributed by atoms with van der Waals surface area (Å²) in [5.74, 6) is -3.28. The van der Waals surface area contributed by atoms with Gasteiger partial charge >= 0.3 is 0 Å². The maximum Gasteiger partial charge on any atom is 0.198 e. The highest BCUT2D eigenvalue weighted by Gasteiger charge is 2.12. The lowest BCUT2D eigenvalue weighted by molar-refractivity contribution is -0.116. The summed E-state index contributed by atoms with van der Waals surface area (Å²) >= 11 is 0. The Morgan fingerprint density at radius 1 is 1.17 bits per heavy atom. The maximum atomic E-state index is 12.6. The van der Waals surface area contributed by atoms with Crippen LogP contribution in [0.25, 0.3) is 0 Å². The van der Waals surface area contributed by atoms with Crippen LogP contribution in [0.1, 0.15) is 12.8 Å². The monoisotopic (exact) mass is 172 g/mol. The summed E-state index contributed by atoms with van der Waals surface area (Å²) in [6.07, 6.45) is 1.98. The molecule has 0 atom stereocenters. The van der Waals surface area contributed by atoms with Gasteiger partial charge in [0.1, 0.15) is 5.83 Å². The molecule has 0 aliphatic rings. The molecule has 0 aromatic rings. The van der Waals surface area contributed by atoms with Crippen LogP contribution in [0.4, 0.5) is 8.78 Å². The molecule has 0 aliphatic carbocycles. The highest BCUT2D eigenvalue weighted by Crippen LogP contribution is 2.14. The third-order valence-electron chi connectivity index (χ3n) is 1.14. The summed E-state index contributed by atoms with van der Waals surface area (Å²) in [5.41, 5.74) is 0. The van der Waals surface area contributed by atoms with Crippen LogP contribution >= 0.6 is 0 Å². The molecule has 0 fully saturated rings. The van der Waals surface area contributed by atoms with Crippen LogP contribution in [0.3, 0.4) is 0 Å². The zero-order valence-electron chi connectivity index (χ0n) is 6.65. The Morgan fingerprint density at radius 2 is 1.67 bits per heavy atom. The van der Waals surface area contributed by atoms with Crippen LogP contribution in [-0.2, 0) is 4.79 Å². The molecule has 0 saturated heterocycles. The van der Waals surface area contributed by atoms with Crippen LogP contribution in [-0.4, -0.2) is 5.78 Å². The summed E-state index contributed by atoms with van der Waals surface area (Å²) in [6, 6.07) is 0. The second-order valence-corrected chi connectivity index (χ2v) is 2.13. The van der Waals surface area contributed by atoms with Crippen molar-refractivity contribution in [2.24, 2.45) is 0 Å². The molecule has 0 amide bonds. The molecule has 0 aromatic carbocycles. The smallest absolute Gasteiger partial charge is 0.198 e. The number of ketones is 1. The highest BCUT2D eigenvalue weighted by molar-refractivity contribution is 5.94. The minimum atomic E-state index is -1.32. The molecule has 0 aliphatic heterocycles. The van der Waals surface area contributed by atoms with Gasteiger partial charge in [-0.3, -0.25) is 4.79 Å². The van der Waals surface area contributed by atoms with Gasteiger partial charge in [0.25, 0.3) is 0 Å². The van der Waals surface area contributed by atoms with E-state index in [-0.39, 0.29) is 12.8 Å². The highest BCUT2D eigenvalue weighted by atomic mass is 19.2. The van der Waals surface area contributed by atoms with E-state index in [9.17, 15) is 13.6 Å². The predicted molar refractivity (Wildman–Crippen MR) is 43.9 cm³/mol. The molecule has 0 unspecified atom stereocenters. The van der Waals surface area contributed by atoms with E-state index in [1.165, 1.54) is 12.2 Å². The molecule has 0 aromatic heterocycles. The number of hydrogen-bond donors (Lipinski definition) is 0. The fourth-order valence-corrected chi connectivity index (χ4v) is 0.588. The van der Waals surface area contributed by atoms with Crippen molar-refractivity contribution in [3.63, 3.8) is 0 Å². The molecule has 12 heavy (non-hydrogen) atoms. The van der Waals surface area contributed by atoms with Crippen molar-refractivity contribution < 1.29 is 13.6 Å². The number of hydrogen-bond acceptors (Lipinski definition) is 1. The van der Waals surface area contributed by atoms with E-state index < -0.39 is 17.4 Å². The van der Waals surface area contributed by atoms with Crippen LogP contribution in [0, 0.1) is 0 Å². The fraction of sp³-hybridized carbons (Fsp3) is 0.222. The van der Waals surface area contributed by atoms with Crippen molar-refractivity contribution in [2.75, 3.05) is 0 Å². The maximum absolute atomic E-state index is 12.6. The Hall–Kier alpha value is -1.25. The van der Waals surface area contributed by atoms with E-state index in [2.05, 4.69) is 13.2 Å². The molecule has 0 radical (unpaired) electrons. The number of Topliss-reactive ketones (excluding diaryl/α,β-unsaturated/α-hetero) is 1. The van der Waals surface area contributed by atoms with Crippen LogP contribution in [0.5, 0.6) is 0 Å². The van der Waals surface area contributed by atoms with Gasteiger partial charge in [0.15, 0.2) is 11.6 Å². The average molecular weight is 172 g/mol. The second-order valence-electron chi connectivity index (χ2n) is 2.13. The van der Waals surface area contributed by atoms with E-state index in [4.69, 9.17) is 0 Å². The summed E-state index contributed by atoms with van der Waals surface area (Å²) in [7, 11) is 0. The predicted octanol–water partition coefficient (Wildman–Crippen LogP) is 2.86. The van der Waals surface area contributed by atoms with E-state index in [1.807, 2.05) is 0 Å². The first kappa shape index (κ1) is 10.8. The van der Waals surface area contributed by atoms with Crippen molar-refractivity contribution in [2.45, 2.75) is 12.8 Å². The second kappa shape index (κ2) is 5.41. The molecule has 1 nitrogen and oxygen atoms in total. The quantitative estimate of drug-likeness (QED) is 0.460. The molecule has 0 spiro atoms. The summed E-state index contributed by atoms with van der Waals surface area (Å²) in [5, 5.41) is 0. The van der Waals surface area contributed by atoms with Gasteiger partial charge in [0, 0.05) is 12.8 Å². The molecule has 66 valence electrons. The van der Waals surface area contributed by atoms with Gasteiger partial charge in [0.2, 0.25) is 0 Å². The molecule has 0 saturated carbocycles. The van der Waals surface area contributed by atoms with Gasteiger partial charge in [-0.25, -0.2) is 8.78 Å². The molecule has 0 N–H and O–H groups in total. The lowest BCUT2D eigenvalue weighted by atomic mass is 10.2. The van der Waals surface area contributed by atoms with Crippen molar-refractivity contribution in [1.29, 1.82) is 0 Å². The number of rotatable bonds is 5. The molecular formula is C9H10F2O. The van der Waals surface area contributed by atoms with Gasteiger partial charge in [-0.15, -0.1) is 13.2 Å². The Kier molecular flexibility index (Phi) is 4.84. The number of allylic oxidation sites excluding steroid dienone is 4. The van der Waals surface area contributed by atoms with Gasteiger partial charge in [0.05, 0.1) is 0 Å². The Labute approximate surface area is 70.1 Å².